The van der Waals surface area contributed by atoms with Crippen molar-refractivity contribution in [3.63, 3.8) is 0 Å². The van der Waals surface area contributed by atoms with Crippen molar-refractivity contribution in [1.29, 1.82) is 0 Å². The highest BCUT2D eigenvalue weighted by Crippen LogP contribution is 2.38. The molecule has 0 radical (unpaired) electrons. The number of thioether (sulfide) groups is 1. The first-order valence-corrected chi connectivity index (χ1v) is 7.10. The smallest absolute Gasteiger partial charge is 0.0166 e. The van der Waals surface area contributed by atoms with Crippen LogP contribution in [0.3, 0.4) is 0 Å². The maximum Gasteiger partial charge on any atom is 0.0166 e. The van der Waals surface area contributed by atoms with Crippen LogP contribution in [-0.4, -0.2) is 23.6 Å². The molecular weight excluding hydrogens is 190 g/mol. The number of hydrogen-bond donors (Lipinski definition) is 1. The average molecular weight is 213 g/mol. The summed E-state index contributed by atoms with van der Waals surface area (Å²) < 4.78 is 0. The predicted octanol–water partition coefficient (Wildman–Crippen LogP) is 2.91. The molecule has 0 amide bonds. The van der Waals surface area contributed by atoms with Gasteiger partial charge in [-0.2, -0.15) is 11.8 Å². The van der Waals surface area contributed by atoms with Gasteiger partial charge in [0.05, 0.1) is 0 Å². The van der Waals surface area contributed by atoms with Crippen molar-refractivity contribution in [2.75, 3.05) is 11.5 Å². The molecule has 0 aromatic heterocycles. The van der Waals surface area contributed by atoms with Crippen molar-refractivity contribution in [3.8, 4) is 0 Å². The molecule has 1 saturated carbocycles. The highest BCUT2D eigenvalue weighted by atomic mass is 32.2. The molecule has 3 atom stereocenters. The van der Waals surface area contributed by atoms with E-state index in [1.54, 1.807) is 0 Å². The number of hydrogen-bond acceptors (Lipinski definition) is 2. The molecule has 3 unspecified atom stereocenters. The van der Waals surface area contributed by atoms with Gasteiger partial charge in [0, 0.05) is 17.8 Å². The third kappa shape index (κ3) is 2.66. The van der Waals surface area contributed by atoms with E-state index >= 15 is 0 Å². The van der Waals surface area contributed by atoms with Gasteiger partial charge in [-0.3, -0.25) is 0 Å². The molecule has 1 nitrogen and oxygen atoms in total. The molecule has 0 aromatic rings. The van der Waals surface area contributed by atoms with Gasteiger partial charge in [-0.05, 0) is 29.9 Å². The zero-order valence-electron chi connectivity index (χ0n) is 9.68. The molecule has 2 fully saturated rings. The minimum atomic E-state index is 0.553. The summed E-state index contributed by atoms with van der Waals surface area (Å²) in [6, 6.07) is 1.64. The van der Waals surface area contributed by atoms with Crippen LogP contribution < -0.4 is 5.32 Å². The molecule has 82 valence electrons. The Bertz CT molecular complexity index is 202. The van der Waals surface area contributed by atoms with Crippen LogP contribution in [0, 0.1) is 11.3 Å². The summed E-state index contributed by atoms with van der Waals surface area (Å²) in [5, 5.41) is 3.83. The SMILES string of the molecule is CCC1CC1NC1CSCC(C)(C)C1. The first-order valence-electron chi connectivity index (χ1n) is 5.94. The molecule has 0 aromatic carbocycles. The quantitative estimate of drug-likeness (QED) is 0.773. The molecule has 1 aliphatic carbocycles. The van der Waals surface area contributed by atoms with Crippen LogP contribution in [0.25, 0.3) is 0 Å². The van der Waals surface area contributed by atoms with Crippen molar-refractivity contribution < 1.29 is 0 Å². The van der Waals surface area contributed by atoms with Gasteiger partial charge in [-0.1, -0.05) is 27.2 Å². The monoisotopic (exact) mass is 213 g/mol. The molecule has 2 heteroatoms. The Morgan fingerprint density at radius 1 is 1.43 bits per heavy atom. The molecular formula is C12H23NS. The summed E-state index contributed by atoms with van der Waals surface area (Å²) in [5.41, 5.74) is 0.553. The molecule has 2 rings (SSSR count). The second kappa shape index (κ2) is 4.05. The van der Waals surface area contributed by atoms with E-state index in [1.807, 2.05) is 0 Å². The van der Waals surface area contributed by atoms with Crippen LogP contribution in [-0.2, 0) is 0 Å². The highest BCUT2D eigenvalue weighted by molar-refractivity contribution is 7.99. The Hall–Kier alpha value is 0.310. The normalized spacial score (nSPS) is 40.9. The Kier molecular flexibility index (Phi) is 3.13. The summed E-state index contributed by atoms with van der Waals surface area (Å²) in [6.07, 6.45) is 4.16. The van der Waals surface area contributed by atoms with E-state index in [1.165, 1.54) is 30.8 Å². The summed E-state index contributed by atoms with van der Waals surface area (Å²) in [4.78, 5) is 0. The zero-order chi connectivity index (χ0) is 10.2. The molecule has 2 aliphatic rings. The highest BCUT2D eigenvalue weighted by Gasteiger charge is 2.38. The Morgan fingerprint density at radius 2 is 2.21 bits per heavy atom. The first-order chi connectivity index (χ1) is 6.61. The standard InChI is InChI=1S/C12H23NS/c1-4-9-5-11(9)13-10-6-12(2,3)8-14-7-10/h9-11,13H,4-8H2,1-3H3. The maximum absolute atomic E-state index is 3.83. The van der Waals surface area contributed by atoms with E-state index in [0.29, 0.717) is 5.41 Å². The summed E-state index contributed by atoms with van der Waals surface area (Å²) in [6.45, 7) is 7.11. The third-order valence-corrected chi connectivity index (χ3v) is 5.13. The van der Waals surface area contributed by atoms with Crippen LogP contribution in [0.5, 0.6) is 0 Å². The van der Waals surface area contributed by atoms with Crippen molar-refractivity contribution in [2.24, 2.45) is 11.3 Å². The van der Waals surface area contributed by atoms with Crippen LogP contribution in [0.15, 0.2) is 0 Å². The van der Waals surface area contributed by atoms with Crippen LogP contribution in [0.2, 0.25) is 0 Å². The number of nitrogens with one attached hydrogen (secondary N) is 1. The van der Waals surface area contributed by atoms with Gasteiger partial charge < -0.3 is 5.32 Å². The van der Waals surface area contributed by atoms with Crippen LogP contribution >= 0.6 is 11.8 Å². The van der Waals surface area contributed by atoms with Gasteiger partial charge in [-0.25, -0.2) is 0 Å². The van der Waals surface area contributed by atoms with Gasteiger partial charge in [0.15, 0.2) is 0 Å². The van der Waals surface area contributed by atoms with Gasteiger partial charge in [0.25, 0.3) is 0 Å². The maximum atomic E-state index is 3.83. The van der Waals surface area contributed by atoms with E-state index in [9.17, 15) is 0 Å². The van der Waals surface area contributed by atoms with E-state index in [2.05, 4.69) is 37.8 Å². The second-order valence-electron chi connectivity index (χ2n) is 5.76. The topological polar surface area (TPSA) is 12.0 Å². The van der Waals surface area contributed by atoms with E-state index in [0.717, 1.165) is 18.0 Å². The van der Waals surface area contributed by atoms with Gasteiger partial charge in [-0.15, -0.1) is 0 Å². The lowest BCUT2D eigenvalue weighted by molar-refractivity contribution is 0.314. The fourth-order valence-electron chi connectivity index (χ4n) is 2.58. The fourth-order valence-corrected chi connectivity index (χ4v) is 3.86. The van der Waals surface area contributed by atoms with E-state index in [4.69, 9.17) is 0 Å². The molecule has 1 heterocycles. The van der Waals surface area contributed by atoms with Crippen LogP contribution in [0.1, 0.15) is 40.0 Å². The Morgan fingerprint density at radius 3 is 2.79 bits per heavy atom. The van der Waals surface area contributed by atoms with Gasteiger partial charge >= 0.3 is 0 Å². The molecule has 1 N–H and O–H groups in total. The minimum absolute atomic E-state index is 0.553. The van der Waals surface area contributed by atoms with Crippen molar-refractivity contribution in [3.05, 3.63) is 0 Å². The van der Waals surface area contributed by atoms with E-state index in [-0.39, 0.29) is 0 Å². The summed E-state index contributed by atoms with van der Waals surface area (Å²) in [5.74, 6) is 3.66. The van der Waals surface area contributed by atoms with Gasteiger partial charge in [0.2, 0.25) is 0 Å². The third-order valence-electron chi connectivity index (χ3n) is 3.51. The lowest BCUT2D eigenvalue weighted by Gasteiger charge is -2.35. The van der Waals surface area contributed by atoms with Gasteiger partial charge in [0.1, 0.15) is 0 Å². The summed E-state index contributed by atoms with van der Waals surface area (Å²) in [7, 11) is 0. The lowest BCUT2D eigenvalue weighted by Crippen LogP contribution is -2.41. The lowest BCUT2D eigenvalue weighted by atomic mass is 9.88. The Labute approximate surface area is 92.4 Å². The van der Waals surface area contributed by atoms with E-state index < -0.39 is 0 Å². The van der Waals surface area contributed by atoms with Crippen molar-refractivity contribution >= 4 is 11.8 Å². The molecule has 1 aliphatic heterocycles. The average Bonchev–Trinajstić information content (AvgIpc) is 2.81. The molecule has 14 heavy (non-hydrogen) atoms. The largest absolute Gasteiger partial charge is 0.310 e. The van der Waals surface area contributed by atoms with Crippen molar-refractivity contribution in [1.82, 2.24) is 5.32 Å². The first kappa shape index (κ1) is 10.8. The van der Waals surface area contributed by atoms with Crippen LogP contribution in [0.4, 0.5) is 0 Å². The molecule has 0 bridgehead atoms. The molecule has 1 saturated heterocycles. The zero-order valence-corrected chi connectivity index (χ0v) is 10.5. The summed E-state index contributed by atoms with van der Waals surface area (Å²) >= 11 is 2.13. The second-order valence-corrected chi connectivity index (χ2v) is 6.79. The predicted molar refractivity (Wildman–Crippen MR) is 64.8 cm³/mol. The Balaban J connectivity index is 1.76. The number of rotatable bonds is 3. The van der Waals surface area contributed by atoms with Crippen molar-refractivity contribution in [2.45, 2.75) is 52.1 Å². The fraction of sp³-hybridized carbons (Fsp3) is 1.00. The molecule has 0 spiro atoms. The minimum Gasteiger partial charge on any atom is -0.310 e.